The minimum Gasteiger partial charge on any atom is -0.490 e. The first kappa shape index (κ1) is 21.6. The predicted molar refractivity (Wildman–Crippen MR) is 107 cm³/mol. The van der Waals surface area contributed by atoms with Crippen molar-refractivity contribution in [1.82, 2.24) is 0 Å². The lowest BCUT2D eigenvalue weighted by atomic mass is 9.69. The summed E-state index contributed by atoms with van der Waals surface area (Å²) in [5.74, 6) is 0.450. The van der Waals surface area contributed by atoms with Crippen LogP contribution < -0.4 is 10.2 Å². The van der Waals surface area contributed by atoms with Gasteiger partial charge in [-0.2, -0.15) is 4.39 Å². The molecule has 6 heteroatoms. The van der Waals surface area contributed by atoms with Crippen molar-refractivity contribution in [1.29, 1.82) is 0 Å². The maximum atomic E-state index is 14.0. The molecule has 0 spiro atoms. The monoisotopic (exact) mass is 394 g/mol. The topological polar surface area (TPSA) is 49.7 Å². The van der Waals surface area contributed by atoms with Crippen LogP contribution in [-0.4, -0.2) is 23.8 Å². The van der Waals surface area contributed by atoms with Crippen LogP contribution in [0.5, 0.6) is 5.75 Å². The van der Waals surface area contributed by atoms with E-state index in [-0.39, 0.29) is 5.75 Å². The van der Waals surface area contributed by atoms with E-state index in [0.29, 0.717) is 12.5 Å². The molecule has 1 aromatic carbocycles. The average Bonchev–Trinajstić information content (AvgIpc) is 2.70. The third kappa shape index (κ3) is 5.26. The lowest BCUT2D eigenvalue weighted by molar-refractivity contribution is 0.120. The largest absolute Gasteiger partial charge is 0.491 e. The van der Waals surface area contributed by atoms with Gasteiger partial charge in [-0.05, 0) is 68.3 Å². The van der Waals surface area contributed by atoms with E-state index >= 15 is 0 Å². The number of halogens is 2. The molecule has 2 aliphatic rings. The van der Waals surface area contributed by atoms with Crippen LogP contribution in [0.4, 0.5) is 8.78 Å². The van der Waals surface area contributed by atoms with Crippen LogP contribution >= 0.6 is 0 Å². The molecule has 0 unspecified atom stereocenters. The van der Waals surface area contributed by atoms with E-state index in [2.05, 4.69) is 6.92 Å². The van der Waals surface area contributed by atoms with Crippen molar-refractivity contribution >= 4 is 12.6 Å². The fourth-order valence-electron chi connectivity index (χ4n) is 5.25. The molecule has 3 nitrogen and oxygen atoms in total. The van der Waals surface area contributed by atoms with Gasteiger partial charge in [0.05, 0.1) is 6.61 Å². The Morgan fingerprint density at radius 1 is 0.893 bits per heavy atom. The number of rotatable bonds is 7. The zero-order valence-corrected chi connectivity index (χ0v) is 16.9. The first-order valence-electron chi connectivity index (χ1n) is 11.0. The van der Waals surface area contributed by atoms with E-state index in [1.165, 1.54) is 57.4 Å². The van der Waals surface area contributed by atoms with Gasteiger partial charge in [0, 0.05) is 5.46 Å². The Kier molecular flexibility index (Phi) is 7.75. The highest BCUT2D eigenvalue weighted by molar-refractivity contribution is 6.58. The van der Waals surface area contributed by atoms with Crippen LogP contribution in [-0.2, 0) is 0 Å². The highest BCUT2D eigenvalue weighted by Gasteiger charge is 2.31. The Labute approximate surface area is 167 Å². The second kappa shape index (κ2) is 10.1. The number of hydrogen-bond donors (Lipinski definition) is 2. The van der Waals surface area contributed by atoms with Gasteiger partial charge in [-0.3, -0.25) is 0 Å². The smallest absolute Gasteiger partial charge is 0.490 e. The summed E-state index contributed by atoms with van der Waals surface area (Å²) in [5, 5.41) is 18.1. The van der Waals surface area contributed by atoms with E-state index in [1.54, 1.807) is 0 Å². The van der Waals surface area contributed by atoms with Crippen molar-refractivity contribution in [2.75, 3.05) is 6.61 Å². The Morgan fingerprint density at radius 2 is 1.46 bits per heavy atom. The molecule has 2 aliphatic carbocycles. The van der Waals surface area contributed by atoms with E-state index in [4.69, 9.17) is 14.8 Å². The summed E-state index contributed by atoms with van der Waals surface area (Å²) in [6.45, 7) is 2.66. The van der Waals surface area contributed by atoms with Gasteiger partial charge < -0.3 is 14.8 Å². The van der Waals surface area contributed by atoms with Crippen molar-refractivity contribution in [2.45, 2.75) is 71.1 Å². The highest BCUT2D eigenvalue weighted by atomic mass is 19.2. The Hall–Kier alpha value is -1.14. The predicted octanol–water partition coefficient (Wildman–Crippen LogP) is 4.44. The van der Waals surface area contributed by atoms with E-state index in [1.807, 2.05) is 0 Å². The summed E-state index contributed by atoms with van der Waals surface area (Å²) in [7, 11) is -2.03. The zero-order valence-electron chi connectivity index (χ0n) is 16.9. The third-order valence-corrected chi connectivity index (χ3v) is 6.98. The van der Waals surface area contributed by atoms with Gasteiger partial charge in [0.25, 0.3) is 0 Å². The summed E-state index contributed by atoms with van der Waals surface area (Å²) in [6, 6.07) is 2.43. The molecule has 3 rings (SSSR count). The SMILES string of the molecule is CCCC1CCC(C2CCC(COc3ccc(B(O)O)c(F)c3F)CC2)CC1. The van der Waals surface area contributed by atoms with Crippen molar-refractivity contribution in [3.63, 3.8) is 0 Å². The zero-order chi connectivity index (χ0) is 20.1. The molecule has 0 saturated heterocycles. The van der Waals surface area contributed by atoms with Crippen LogP contribution in [0.3, 0.4) is 0 Å². The average molecular weight is 394 g/mol. The molecule has 0 bridgehead atoms. The molecule has 0 atom stereocenters. The van der Waals surface area contributed by atoms with Crippen LogP contribution in [0.2, 0.25) is 0 Å². The summed E-state index contributed by atoms with van der Waals surface area (Å²) >= 11 is 0. The van der Waals surface area contributed by atoms with Crippen molar-refractivity contribution < 1.29 is 23.6 Å². The quantitative estimate of drug-likeness (QED) is 0.673. The van der Waals surface area contributed by atoms with E-state index in [0.717, 1.165) is 36.7 Å². The third-order valence-electron chi connectivity index (χ3n) is 6.98. The lowest BCUT2D eigenvalue weighted by Gasteiger charge is -2.37. The van der Waals surface area contributed by atoms with Gasteiger partial charge in [0.15, 0.2) is 17.4 Å². The highest BCUT2D eigenvalue weighted by Crippen LogP contribution is 2.42. The molecular formula is C22H33BF2O3. The first-order valence-corrected chi connectivity index (χ1v) is 11.0. The second-order valence-corrected chi connectivity index (χ2v) is 8.82. The molecular weight excluding hydrogens is 361 g/mol. The molecule has 0 radical (unpaired) electrons. The fraction of sp³-hybridized carbons (Fsp3) is 0.727. The van der Waals surface area contributed by atoms with Crippen LogP contribution in [0.25, 0.3) is 0 Å². The maximum absolute atomic E-state index is 14.0. The van der Waals surface area contributed by atoms with Crippen molar-refractivity contribution in [3.05, 3.63) is 23.8 Å². The molecule has 0 aromatic heterocycles. The second-order valence-electron chi connectivity index (χ2n) is 8.82. The number of benzene rings is 1. The fourth-order valence-corrected chi connectivity index (χ4v) is 5.25. The van der Waals surface area contributed by atoms with E-state index in [9.17, 15) is 8.78 Å². The van der Waals surface area contributed by atoms with Crippen molar-refractivity contribution in [3.8, 4) is 5.75 Å². The normalized spacial score (nSPS) is 28.2. The molecule has 1 aromatic rings. The molecule has 2 N–H and O–H groups in total. The molecule has 0 aliphatic heterocycles. The van der Waals surface area contributed by atoms with Crippen LogP contribution in [0, 0.1) is 35.3 Å². The Bertz CT molecular complexity index is 624. The molecule has 0 amide bonds. The van der Waals surface area contributed by atoms with Crippen LogP contribution in [0.1, 0.15) is 71.1 Å². The maximum Gasteiger partial charge on any atom is 0.491 e. The van der Waals surface area contributed by atoms with E-state index < -0.39 is 24.2 Å². The molecule has 2 fully saturated rings. The Balaban J connectivity index is 1.43. The standard InChI is InChI=1S/C22H33BF2O3/c1-2-3-15-4-8-17(9-5-15)18-10-6-16(7-11-18)14-28-20-13-12-19(23(26)27)21(24)22(20)25/h12-13,15-18,26-27H,2-11,14H2,1H3. The Morgan fingerprint density at radius 3 is 2.00 bits per heavy atom. The van der Waals surface area contributed by atoms with Gasteiger partial charge in [-0.25, -0.2) is 4.39 Å². The number of ether oxygens (including phenoxy) is 1. The molecule has 28 heavy (non-hydrogen) atoms. The lowest BCUT2D eigenvalue weighted by Crippen LogP contribution is -2.33. The molecule has 2 saturated carbocycles. The van der Waals surface area contributed by atoms with Gasteiger partial charge in [-0.1, -0.05) is 38.7 Å². The van der Waals surface area contributed by atoms with Crippen molar-refractivity contribution in [2.24, 2.45) is 23.7 Å². The molecule has 156 valence electrons. The summed E-state index contributed by atoms with van der Waals surface area (Å²) in [5.41, 5.74) is -0.473. The van der Waals surface area contributed by atoms with Gasteiger partial charge in [-0.15, -0.1) is 0 Å². The van der Waals surface area contributed by atoms with Gasteiger partial charge in [0.2, 0.25) is 0 Å². The van der Waals surface area contributed by atoms with Gasteiger partial charge >= 0.3 is 7.12 Å². The summed E-state index contributed by atoms with van der Waals surface area (Å²) in [4.78, 5) is 0. The van der Waals surface area contributed by atoms with Crippen LogP contribution in [0.15, 0.2) is 12.1 Å². The van der Waals surface area contributed by atoms with Gasteiger partial charge in [0.1, 0.15) is 0 Å². The minimum atomic E-state index is -2.03. The molecule has 0 heterocycles. The minimum absolute atomic E-state index is 0.154. The first-order chi connectivity index (χ1) is 13.5. The summed E-state index contributed by atoms with van der Waals surface area (Å²) < 4.78 is 33.4. The summed E-state index contributed by atoms with van der Waals surface area (Å²) in [6.07, 6.45) is 12.8. The number of hydrogen-bond acceptors (Lipinski definition) is 3.